The van der Waals surface area contributed by atoms with Crippen LogP contribution >= 0.6 is 0 Å². The van der Waals surface area contributed by atoms with Gasteiger partial charge in [-0.25, -0.2) is 4.79 Å². The van der Waals surface area contributed by atoms with Crippen molar-refractivity contribution < 1.29 is 24.5 Å². The normalized spacial score (nSPS) is 22.0. The van der Waals surface area contributed by atoms with Crippen LogP contribution in [0.25, 0.3) is 10.4 Å². The smallest absolute Gasteiger partial charge is 0.356 e. The van der Waals surface area contributed by atoms with Gasteiger partial charge in [0, 0.05) is 11.3 Å². The molecule has 9 heteroatoms. The molecule has 3 unspecified atom stereocenters. The zero-order chi connectivity index (χ0) is 19.4. The summed E-state index contributed by atoms with van der Waals surface area (Å²) in [7, 11) is 0. The van der Waals surface area contributed by atoms with Crippen molar-refractivity contribution in [2.45, 2.75) is 31.4 Å². The molecule has 0 aliphatic carbocycles. The molecule has 142 valence electrons. The Labute approximate surface area is 155 Å². The van der Waals surface area contributed by atoms with E-state index in [1.54, 1.807) is 0 Å². The van der Waals surface area contributed by atoms with Gasteiger partial charge in [0.05, 0.1) is 31.2 Å². The van der Waals surface area contributed by atoms with E-state index < -0.39 is 29.9 Å². The van der Waals surface area contributed by atoms with Crippen LogP contribution in [0.2, 0.25) is 0 Å². The molecule has 1 aromatic carbocycles. The first-order chi connectivity index (χ1) is 13.0. The van der Waals surface area contributed by atoms with Crippen molar-refractivity contribution in [3.8, 4) is 0 Å². The van der Waals surface area contributed by atoms with Crippen LogP contribution in [0.3, 0.4) is 0 Å². The minimum Gasteiger partial charge on any atom is -0.495 e. The lowest BCUT2D eigenvalue weighted by Crippen LogP contribution is -2.62. The van der Waals surface area contributed by atoms with E-state index in [0.29, 0.717) is 12.8 Å². The fraction of sp³-hybridized carbons (Fsp3) is 0.444. The predicted molar refractivity (Wildman–Crippen MR) is 94.1 cm³/mol. The minimum atomic E-state index is -1.25. The number of nitrogens with zero attached hydrogens (tertiary/aromatic N) is 4. The van der Waals surface area contributed by atoms with E-state index in [-0.39, 0.29) is 31.0 Å². The van der Waals surface area contributed by atoms with Gasteiger partial charge in [-0.15, -0.1) is 0 Å². The van der Waals surface area contributed by atoms with Crippen molar-refractivity contribution in [1.82, 2.24) is 4.90 Å². The molecule has 1 fully saturated rings. The highest BCUT2D eigenvalue weighted by Crippen LogP contribution is 2.44. The molecular formula is C18H20N4O5. The Kier molecular flexibility index (Phi) is 5.63. The maximum atomic E-state index is 12.5. The number of aliphatic carboxylic acids is 1. The van der Waals surface area contributed by atoms with Crippen molar-refractivity contribution in [2.24, 2.45) is 11.0 Å². The summed E-state index contributed by atoms with van der Waals surface area (Å²) in [5, 5.41) is 23.3. The SMILES string of the molecule is [N-]=[N+]=NCCOC1=C(C(=O)O)N2C(=O)C(C(O)CCc3ccccc3)C2C1. The van der Waals surface area contributed by atoms with Crippen molar-refractivity contribution in [3.63, 3.8) is 0 Å². The van der Waals surface area contributed by atoms with Crippen LogP contribution in [-0.4, -0.2) is 52.3 Å². The topological polar surface area (TPSA) is 136 Å². The second-order valence-electron chi connectivity index (χ2n) is 6.48. The molecule has 2 heterocycles. The van der Waals surface area contributed by atoms with E-state index >= 15 is 0 Å². The highest BCUT2D eigenvalue weighted by atomic mass is 16.5. The molecule has 1 amide bonds. The van der Waals surface area contributed by atoms with Gasteiger partial charge in [0.15, 0.2) is 5.70 Å². The number of aryl methyl sites for hydroxylation is 1. The van der Waals surface area contributed by atoms with Gasteiger partial charge >= 0.3 is 5.97 Å². The number of amides is 1. The zero-order valence-corrected chi connectivity index (χ0v) is 14.6. The lowest BCUT2D eigenvalue weighted by molar-refractivity contribution is -0.162. The number of azide groups is 1. The number of rotatable bonds is 9. The van der Waals surface area contributed by atoms with E-state index in [1.807, 2.05) is 30.3 Å². The van der Waals surface area contributed by atoms with Crippen molar-refractivity contribution in [3.05, 3.63) is 57.8 Å². The van der Waals surface area contributed by atoms with Crippen LogP contribution in [0.15, 0.2) is 46.9 Å². The number of fused-ring (bicyclic) bond motifs is 1. The monoisotopic (exact) mass is 372 g/mol. The summed E-state index contributed by atoms with van der Waals surface area (Å²) in [6.07, 6.45) is 0.432. The van der Waals surface area contributed by atoms with Crippen LogP contribution in [0, 0.1) is 5.92 Å². The Bertz CT molecular complexity index is 803. The van der Waals surface area contributed by atoms with Crippen LogP contribution in [0.1, 0.15) is 18.4 Å². The van der Waals surface area contributed by atoms with Crippen molar-refractivity contribution in [2.75, 3.05) is 13.2 Å². The summed E-state index contributed by atoms with van der Waals surface area (Å²) in [6.45, 7) is 0.0980. The highest BCUT2D eigenvalue weighted by Gasteiger charge is 2.58. The third kappa shape index (κ3) is 3.74. The average Bonchev–Trinajstić information content (AvgIpc) is 2.99. The number of carboxylic acids is 1. The molecule has 0 saturated carbocycles. The second kappa shape index (κ2) is 8.11. The number of carbonyl (C=O) groups excluding carboxylic acids is 1. The second-order valence-corrected chi connectivity index (χ2v) is 6.48. The number of carbonyl (C=O) groups is 2. The maximum absolute atomic E-state index is 12.5. The first-order valence-corrected chi connectivity index (χ1v) is 8.69. The van der Waals surface area contributed by atoms with Crippen LogP contribution in [0.4, 0.5) is 0 Å². The first-order valence-electron chi connectivity index (χ1n) is 8.69. The lowest BCUT2D eigenvalue weighted by Gasteiger charge is -2.45. The number of aliphatic hydroxyl groups excluding tert-OH is 1. The summed E-state index contributed by atoms with van der Waals surface area (Å²) >= 11 is 0. The molecule has 0 spiro atoms. The molecule has 0 radical (unpaired) electrons. The Balaban J connectivity index is 1.63. The number of ether oxygens (including phenoxy) is 1. The van der Waals surface area contributed by atoms with Crippen LogP contribution in [-0.2, 0) is 20.7 Å². The molecule has 2 N–H and O–H groups in total. The summed E-state index contributed by atoms with van der Waals surface area (Å²) in [6, 6.07) is 9.24. The molecular weight excluding hydrogens is 352 g/mol. The van der Waals surface area contributed by atoms with E-state index in [0.717, 1.165) is 5.56 Å². The fourth-order valence-electron chi connectivity index (χ4n) is 3.65. The number of aliphatic hydroxyl groups is 1. The Morgan fingerprint density at radius 2 is 2.15 bits per heavy atom. The molecule has 2 aliphatic rings. The lowest BCUT2D eigenvalue weighted by atomic mass is 9.81. The van der Waals surface area contributed by atoms with Gasteiger partial charge in [-0.05, 0) is 23.9 Å². The molecule has 3 atom stereocenters. The van der Waals surface area contributed by atoms with E-state index in [1.165, 1.54) is 4.90 Å². The predicted octanol–water partition coefficient (Wildman–Crippen LogP) is 1.83. The molecule has 1 saturated heterocycles. The van der Waals surface area contributed by atoms with Gasteiger partial charge < -0.3 is 14.9 Å². The molecule has 0 aromatic heterocycles. The highest BCUT2D eigenvalue weighted by molar-refractivity contribution is 5.99. The Hall–Kier alpha value is -3.03. The molecule has 0 bridgehead atoms. The largest absolute Gasteiger partial charge is 0.495 e. The van der Waals surface area contributed by atoms with Gasteiger partial charge in [-0.1, -0.05) is 35.4 Å². The quantitative estimate of drug-likeness (QED) is 0.224. The van der Waals surface area contributed by atoms with Crippen molar-refractivity contribution >= 4 is 11.9 Å². The summed E-state index contributed by atoms with van der Waals surface area (Å²) < 4.78 is 5.42. The summed E-state index contributed by atoms with van der Waals surface area (Å²) in [5.41, 5.74) is 9.16. The number of hydrogen-bond donors (Lipinski definition) is 2. The standard InChI is InChI=1S/C18H20N4O5/c19-21-20-8-9-27-14-10-12-15(17(24)22(12)16(14)18(25)26)13(23)7-6-11-4-2-1-3-5-11/h1-5,12-13,15,23H,6-10H2,(H,25,26). The average molecular weight is 372 g/mol. The first kappa shape index (κ1) is 18.8. The van der Waals surface area contributed by atoms with E-state index in [2.05, 4.69) is 10.0 Å². The number of benzene rings is 1. The van der Waals surface area contributed by atoms with Gasteiger partial charge in [0.1, 0.15) is 5.76 Å². The number of carboxylic acid groups (broad SMARTS) is 1. The third-order valence-corrected chi connectivity index (χ3v) is 4.89. The molecule has 1 aromatic rings. The molecule has 2 aliphatic heterocycles. The molecule has 27 heavy (non-hydrogen) atoms. The van der Waals surface area contributed by atoms with Gasteiger partial charge in [0.25, 0.3) is 0 Å². The van der Waals surface area contributed by atoms with E-state index in [9.17, 15) is 19.8 Å². The van der Waals surface area contributed by atoms with Gasteiger partial charge in [-0.3, -0.25) is 9.69 Å². The summed E-state index contributed by atoms with van der Waals surface area (Å²) in [4.78, 5) is 27.8. The van der Waals surface area contributed by atoms with Gasteiger partial charge in [-0.2, -0.15) is 0 Å². The Morgan fingerprint density at radius 1 is 1.41 bits per heavy atom. The maximum Gasteiger partial charge on any atom is 0.356 e. The third-order valence-electron chi connectivity index (χ3n) is 4.89. The summed E-state index contributed by atoms with van der Waals surface area (Å²) in [5.74, 6) is -2.10. The minimum absolute atomic E-state index is 0.0339. The number of hydrogen-bond acceptors (Lipinski definition) is 5. The van der Waals surface area contributed by atoms with Crippen LogP contribution in [0.5, 0.6) is 0 Å². The zero-order valence-electron chi connectivity index (χ0n) is 14.6. The van der Waals surface area contributed by atoms with Gasteiger partial charge in [0.2, 0.25) is 5.91 Å². The van der Waals surface area contributed by atoms with Crippen LogP contribution < -0.4 is 0 Å². The van der Waals surface area contributed by atoms with E-state index in [4.69, 9.17) is 10.3 Å². The fourth-order valence-corrected chi connectivity index (χ4v) is 3.65. The number of β-lactam (4-membered cyclic amide) rings is 1. The Morgan fingerprint density at radius 3 is 2.81 bits per heavy atom. The molecule has 3 rings (SSSR count). The van der Waals surface area contributed by atoms with Crippen molar-refractivity contribution in [1.29, 1.82) is 0 Å². The molecule has 9 nitrogen and oxygen atoms in total.